The van der Waals surface area contributed by atoms with Gasteiger partial charge in [0.2, 0.25) is 0 Å². The standard InChI is InChI=1S/C20H17Cl2N5O4S2/c1-7-12(21)13(22)15(24-7)17(29)26-14-8-5-27(6-9(8)14)20-25-10(16(33-20)19(30)31)4-11(28)18-23-2-3-32-18/h2-3,8-9,14,24H,4-6H2,1H3,(H,26,29)(H,30,31)/t8-,9+,14?. The normalized spacial score (nSPS) is 21.2. The Hall–Kier alpha value is -2.47. The number of halogens is 2. The first-order chi connectivity index (χ1) is 15.7. The molecule has 3 aromatic rings. The number of hydrogen-bond donors (Lipinski definition) is 3. The number of ketones is 1. The van der Waals surface area contributed by atoms with Gasteiger partial charge in [0.05, 0.1) is 22.2 Å². The number of carboxylic acids is 1. The summed E-state index contributed by atoms with van der Waals surface area (Å²) in [5, 5.41) is 15.7. The molecule has 9 nitrogen and oxygen atoms in total. The first-order valence-corrected chi connectivity index (χ1v) is 12.4. The van der Waals surface area contributed by atoms with E-state index in [1.807, 2.05) is 4.90 Å². The molecule has 3 aromatic heterocycles. The number of nitrogens with one attached hydrogen (secondary N) is 2. The zero-order valence-electron chi connectivity index (χ0n) is 17.1. The smallest absolute Gasteiger partial charge is 0.347 e. The minimum absolute atomic E-state index is 0.0112. The first kappa shape index (κ1) is 22.3. The predicted molar refractivity (Wildman–Crippen MR) is 125 cm³/mol. The molecule has 1 unspecified atom stereocenters. The minimum Gasteiger partial charge on any atom is -0.477 e. The van der Waals surface area contributed by atoms with Crippen molar-refractivity contribution in [2.45, 2.75) is 19.4 Å². The largest absolute Gasteiger partial charge is 0.477 e. The molecule has 0 radical (unpaired) electrons. The summed E-state index contributed by atoms with van der Waals surface area (Å²) in [4.78, 5) is 50.1. The zero-order valence-corrected chi connectivity index (χ0v) is 20.2. The molecule has 2 aliphatic rings. The van der Waals surface area contributed by atoms with Crippen molar-refractivity contribution < 1.29 is 19.5 Å². The van der Waals surface area contributed by atoms with Crippen molar-refractivity contribution in [1.82, 2.24) is 20.3 Å². The molecule has 5 rings (SSSR count). The Bertz CT molecular complexity index is 1260. The van der Waals surface area contributed by atoms with E-state index in [2.05, 4.69) is 20.3 Å². The van der Waals surface area contributed by atoms with Gasteiger partial charge in [0, 0.05) is 48.2 Å². The Morgan fingerprint density at radius 2 is 2.00 bits per heavy atom. The number of aromatic nitrogens is 3. The summed E-state index contributed by atoms with van der Waals surface area (Å²) < 4.78 is 0. The maximum atomic E-state index is 12.6. The number of fused-ring (bicyclic) bond motifs is 1. The van der Waals surface area contributed by atoms with E-state index in [1.165, 1.54) is 17.5 Å². The van der Waals surface area contributed by atoms with E-state index in [0.717, 1.165) is 11.3 Å². The maximum Gasteiger partial charge on any atom is 0.347 e. The summed E-state index contributed by atoms with van der Waals surface area (Å²) in [6.07, 6.45) is 1.43. The Kier molecular flexibility index (Phi) is 5.68. The molecule has 172 valence electrons. The maximum absolute atomic E-state index is 12.6. The lowest BCUT2D eigenvalue weighted by Crippen LogP contribution is -2.34. The van der Waals surface area contributed by atoms with E-state index in [9.17, 15) is 19.5 Å². The third kappa shape index (κ3) is 4.03. The van der Waals surface area contributed by atoms with Crippen LogP contribution in [0.25, 0.3) is 0 Å². The van der Waals surface area contributed by atoms with Gasteiger partial charge >= 0.3 is 5.97 Å². The number of aromatic carboxylic acids is 1. The van der Waals surface area contributed by atoms with E-state index in [0.29, 0.717) is 33.9 Å². The van der Waals surface area contributed by atoms with Crippen LogP contribution in [0, 0.1) is 18.8 Å². The third-order valence-electron chi connectivity index (χ3n) is 5.92. The molecular weight excluding hydrogens is 509 g/mol. The first-order valence-electron chi connectivity index (χ1n) is 9.99. The van der Waals surface area contributed by atoms with E-state index < -0.39 is 5.97 Å². The number of Topliss-reactive ketones (excluding diaryl/α,β-unsaturated/α-hetero) is 1. The van der Waals surface area contributed by atoms with Gasteiger partial charge in [-0.3, -0.25) is 9.59 Å². The SMILES string of the molecule is Cc1[nH]c(C(=O)NC2[C@H]3CN(c4nc(CC(=O)c5nccs5)c(C(=O)O)s4)C[C@@H]23)c(Cl)c1Cl. The highest BCUT2D eigenvalue weighted by Crippen LogP contribution is 2.48. The predicted octanol–water partition coefficient (Wildman–Crippen LogP) is 3.53. The van der Waals surface area contributed by atoms with Crippen molar-refractivity contribution in [2.75, 3.05) is 18.0 Å². The van der Waals surface area contributed by atoms with Crippen molar-refractivity contribution in [3.63, 3.8) is 0 Å². The van der Waals surface area contributed by atoms with Crippen molar-refractivity contribution in [2.24, 2.45) is 11.8 Å². The van der Waals surface area contributed by atoms with Gasteiger partial charge in [-0.05, 0) is 6.92 Å². The van der Waals surface area contributed by atoms with Crippen LogP contribution in [-0.4, -0.2) is 56.8 Å². The van der Waals surface area contributed by atoms with Gasteiger partial charge in [-0.25, -0.2) is 14.8 Å². The number of aryl methyl sites for hydroxylation is 1. The molecule has 0 aromatic carbocycles. The number of piperidine rings is 1. The van der Waals surface area contributed by atoms with Crippen molar-refractivity contribution in [3.05, 3.63) is 48.6 Å². The van der Waals surface area contributed by atoms with E-state index in [1.54, 1.807) is 12.3 Å². The number of carbonyl (C=O) groups excluding carboxylic acids is 2. The van der Waals surface area contributed by atoms with Crippen molar-refractivity contribution in [1.29, 1.82) is 0 Å². The Labute approximate surface area is 205 Å². The van der Waals surface area contributed by atoms with Gasteiger partial charge in [-0.15, -0.1) is 11.3 Å². The lowest BCUT2D eigenvalue weighted by Gasteiger charge is -2.19. The number of amides is 1. The minimum atomic E-state index is -1.10. The van der Waals surface area contributed by atoms with Gasteiger partial charge in [0.25, 0.3) is 5.91 Å². The highest BCUT2D eigenvalue weighted by Gasteiger charge is 2.57. The monoisotopic (exact) mass is 525 g/mol. The second-order valence-corrected chi connectivity index (χ2v) is 10.6. The fourth-order valence-electron chi connectivity index (χ4n) is 4.20. The van der Waals surface area contributed by atoms with Gasteiger partial charge in [-0.2, -0.15) is 0 Å². The molecule has 3 atom stereocenters. The lowest BCUT2D eigenvalue weighted by molar-refractivity contribution is 0.0700. The number of carbonyl (C=O) groups is 3. The molecule has 1 saturated carbocycles. The molecule has 33 heavy (non-hydrogen) atoms. The number of rotatable bonds is 7. The number of nitrogens with zero attached hydrogens (tertiary/aromatic N) is 3. The van der Waals surface area contributed by atoms with Crippen LogP contribution in [0.15, 0.2) is 11.6 Å². The van der Waals surface area contributed by atoms with Crippen molar-refractivity contribution in [3.8, 4) is 0 Å². The molecule has 3 N–H and O–H groups in total. The number of H-pyrrole nitrogens is 1. The number of carboxylic acid groups (broad SMARTS) is 1. The van der Waals surface area contributed by atoms with Crippen LogP contribution in [0.4, 0.5) is 5.13 Å². The van der Waals surface area contributed by atoms with Crippen LogP contribution < -0.4 is 10.2 Å². The zero-order chi connectivity index (χ0) is 23.4. The highest BCUT2D eigenvalue weighted by atomic mass is 35.5. The number of anilines is 1. The summed E-state index contributed by atoms with van der Waals surface area (Å²) in [6.45, 7) is 3.02. The van der Waals surface area contributed by atoms with Crippen LogP contribution in [0.1, 0.15) is 41.4 Å². The van der Waals surface area contributed by atoms with Gasteiger partial charge in [-0.1, -0.05) is 34.5 Å². The van der Waals surface area contributed by atoms with Crippen LogP contribution >= 0.6 is 45.9 Å². The number of hydrogen-bond acceptors (Lipinski definition) is 8. The summed E-state index contributed by atoms with van der Waals surface area (Å²) >= 11 is 14.5. The molecule has 1 saturated heterocycles. The van der Waals surface area contributed by atoms with Crippen LogP contribution in [0.3, 0.4) is 0 Å². The number of thiazole rings is 2. The van der Waals surface area contributed by atoms with Gasteiger partial charge < -0.3 is 20.3 Å². The number of aromatic amines is 1. The summed E-state index contributed by atoms with van der Waals surface area (Å²) in [5.74, 6) is -1.19. The average molecular weight is 526 g/mol. The van der Waals surface area contributed by atoms with Gasteiger partial charge in [0.15, 0.2) is 15.9 Å². The van der Waals surface area contributed by atoms with E-state index >= 15 is 0 Å². The molecular formula is C20H17Cl2N5O4S2. The van der Waals surface area contributed by atoms with E-state index in [-0.39, 0.29) is 57.3 Å². The molecule has 0 spiro atoms. The molecule has 13 heteroatoms. The van der Waals surface area contributed by atoms with Crippen LogP contribution in [0.2, 0.25) is 10.0 Å². The van der Waals surface area contributed by atoms with Crippen LogP contribution in [0.5, 0.6) is 0 Å². The topological polar surface area (TPSA) is 128 Å². The molecule has 0 bridgehead atoms. The van der Waals surface area contributed by atoms with E-state index in [4.69, 9.17) is 23.2 Å². The molecule has 1 aliphatic heterocycles. The summed E-state index contributed by atoms with van der Waals surface area (Å²) in [7, 11) is 0. The van der Waals surface area contributed by atoms with Crippen molar-refractivity contribution >= 4 is 68.7 Å². The molecule has 1 aliphatic carbocycles. The molecule has 1 amide bonds. The Morgan fingerprint density at radius 1 is 1.27 bits per heavy atom. The molecule has 4 heterocycles. The fourth-order valence-corrected chi connectivity index (χ4v) is 6.13. The highest BCUT2D eigenvalue weighted by molar-refractivity contribution is 7.17. The molecule has 2 fully saturated rings. The van der Waals surface area contributed by atoms with Gasteiger partial charge in [0.1, 0.15) is 10.6 Å². The summed E-state index contributed by atoms with van der Waals surface area (Å²) in [5.41, 5.74) is 1.14. The van der Waals surface area contributed by atoms with Crippen LogP contribution in [-0.2, 0) is 6.42 Å². The third-order valence-corrected chi connectivity index (χ3v) is 8.83. The average Bonchev–Trinajstić information content (AvgIpc) is 3.36. The second kappa shape index (κ2) is 8.39. The summed E-state index contributed by atoms with van der Waals surface area (Å²) in [6, 6.07) is 0.0112. The Morgan fingerprint density at radius 3 is 2.58 bits per heavy atom. The lowest BCUT2D eigenvalue weighted by atomic mass is 10.2. The quantitative estimate of drug-likeness (QED) is 0.402. The Balaban J connectivity index is 1.24. The second-order valence-electron chi connectivity index (χ2n) is 8.00. The fraction of sp³-hybridized carbons (Fsp3) is 0.350.